The summed E-state index contributed by atoms with van der Waals surface area (Å²) in [7, 11) is -1.56. The van der Waals surface area contributed by atoms with Crippen LogP contribution < -0.4 is 15.4 Å². The fraction of sp³-hybridized carbons (Fsp3) is 0.611. The lowest BCUT2D eigenvalue weighted by molar-refractivity contribution is 0.229. The van der Waals surface area contributed by atoms with Crippen molar-refractivity contribution in [2.45, 2.75) is 33.3 Å². The third-order valence-corrected chi connectivity index (χ3v) is 5.63. The highest BCUT2D eigenvalue weighted by Gasteiger charge is 2.14. The number of ether oxygens (including phenoxy) is 1. The Labute approximate surface area is 162 Å². The molecule has 0 aliphatic rings. The van der Waals surface area contributed by atoms with Crippen LogP contribution in [0.2, 0.25) is 0 Å². The number of hydrogen-bond donors (Lipinski definition) is 2. The van der Waals surface area contributed by atoms with Crippen molar-refractivity contribution < 1.29 is 17.5 Å². The Morgan fingerprint density at radius 1 is 1.33 bits per heavy atom. The van der Waals surface area contributed by atoms with E-state index in [9.17, 15) is 12.8 Å². The molecule has 0 saturated carbocycles. The van der Waals surface area contributed by atoms with Gasteiger partial charge in [0.25, 0.3) is 0 Å². The quantitative estimate of drug-likeness (QED) is 0.335. The molecule has 0 bridgehead atoms. The van der Waals surface area contributed by atoms with Crippen LogP contribution in [0.1, 0.15) is 27.2 Å². The van der Waals surface area contributed by atoms with E-state index in [1.807, 2.05) is 13.8 Å². The smallest absolute Gasteiger partial charge is 0.213 e. The van der Waals surface area contributed by atoms with Crippen LogP contribution in [0.4, 0.5) is 4.39 Å². The molecule has 9 heteroatoms. The maximum absolute atomic E-state index is 13.2. The van der Waals surface area contributed by atoms with Gasteiger partial charge in [0.2, 0.25) is 10.0 Å². The Balaban J connectivity index is 2.45. The van der Waals surface area contributed by atoms with E-state index in [1.165, 1.54) is 16.4 Å². The fourth-order valence-corrected chi connectivity index (χ4v) is 3.09. The molecule has 154 valence electrons. The van der Waals surface area contributed by atoms with Gasteiger partial charge in [-0.2, -0.15) is 0 Å². The van der Waals surface area contributed by atoms with Gasteiger partial charge in [-0.3, -0.25) is 0 Å². The van der Waals surface area contributed by atoms with Crippen molar-refractivity contribution in [2.24, 2.45) is 4.99 Å². The van der Waals surface area contributed by atoms with Crippen LogP contribution >= 0.6 is 0 Å². The average molecular weight is 403 g/mol. The summed E-state index contributed by atoms with van der Waals surface area (Å²) in [6, 6.07) is 6.01. The van der Waals surface area contributed by atoms with E-state index in [2.05, 4.69) is 15.6 Å². The number of hydrogen-bond acceptors (Lipinski definition) is 4. The Morgan fingerprint density at radius 3 is 2.70 bits per heavy atom. The molecule has 0 aromatic heterocycles. The van der Waals surface area contributed by atoms with Crippen LogP contribution in [-0.2, 0) is 10.0 Å². The molecule has 0 saturated heterocycles. The summed E-state index contributed by atoms with van der Waals surface area (Å²) >= 11 is 0. The molecule has 0 spiro atoms. The molecule has 0 radical (unpaired) electrons. The molecule has 1 atom stereocenters. The summed E-state index contributed by atoms with van der Waals surface area (Å²) in [5.41, 5.74) is 0. The van der Waals surface area contributed by atoms with E-state index >= 15 is 0 Å². The van der Waals surface area contributed by atoms with Crippen molar-refractivity contribution in [3.63, 3.8) is 0 Å². The van der Waals surface area contributed by atoms with Gasteiger partial charge < -0.3 is 15.4 Å². The zero-order valence-corrected chi connectivity index (χ0v) is 17.4. The lowest BCUT2D eigenvalue weighted by Crippen LogP contribution is -2.39. The van der Waals surface area contributed by atoms with Gasteiger partial charge in [0.15, 0.2) is 5.96 Å². The third-order valence-electron chi connectivity index (χ3n) is 3.77. The summed E-state index contributed by atoms with van der Waals surface area (Å²) in [4.78, 5) is 4.46. The van der Waals surface area contributed by atoms with Crippen molar-refractivity contribution in [1.82, 2.24) is 14.9 Å². The normalized spacial score (nSPS) is 13.5. The van der Waals surface area contributed by atoms with Crippen molar-refractivity contribution in [1.29, 1.82) is 0 Å². The first kappa shape index (κ1) is 23.2. The maximum atomic E-state index is 13.2. The van der Waals surface area contributed by atoms with E-state index in [4.69, 9.17) is 4.74 Å². The summed E-state index contributed by atoms with van der Waals surface area (Å²) in [6.07, 6.45) is 0.443. The first-order valence-corrected chi connectivity index (χ1v) is 10.8. The topological polar surface area (TPSA) is 83.0 Å². The number of guanidine groups is 1. The summed E-state index contributed by atoms with van der Waals surface area (Å²) in [5.74, 6) is 0.863. The lowest BCUT2D eigenvalue weighted by atomic mass is 10.3. The first-order valence-electron chi connectivity index (χ1n) is 9.16. The predicted molar refractivity (Wildman–Crippen MR) is 107 cm³/mol. The average Bonchev–Trinajstić information content (AvgIpc) is 2.62. The zero-order valence-electron chi connectivity index (χ0n) is 16.5. The van der Waals surface area contributed by atoms with Crippen LogP contribution in [-0.4, -0.2) is 63.8 Å². The second kappa shape index (κ2) is 11.8. The predicted octanol–water partition coefficient (Wildman–Crippen LogP) is 1.82. The van der Waals surface area contributed by atoms with Crippen LogP contribution in [0.15, 0.2) is 29.3 Å². The second-order valence-corrected chi connectivity index (χ2v) is 8.47. The molecule has 1 rings (SSSR count). The van der Waals surface area contributed by atoms with Gasteiger partial charge >= 0.3 is 0 Å². The SMILES string of the molecule is CCNC(=NCC(C)Oc1cccc(F)c1)NCCCN(C)S(=O)(=O)CC. The van der Waals surface area contributed by atoms with E-state index < -0.39 is 10.0 Å². The molecule has 0 amide bonds. The van der Waals surface area contributed by atoms with Gasteiger partial charge in [-0.1, -0.05) is 6.07 Å². The number of sulfonamides is 1. The van der Waals surface area contributed by atoms with Gasteiger partial charge in [0.05, 0.1) is 12.3 Å². The Hall–Kier alpha value is -1.87. The van der Waals surface area contributed by atoms with Gasteiger partial charge in [0.1, 0.15) is 17.7 Å². The molecule has 0 heterocycles. The number of nitrogens with zero attached hydrogens (tertiary/aromatic N) is 2. The van der Waals surface area contributed by atoms with Crippen LogP contribution in [0, 0.1) is 5.82 Å². The molecule has 1 unspecified atom stereocenters. The standard InChI is InChI=1S/C18H31FN4O3S/c1-5-20-18(21-11-8-12-23(4)27(24,25)6-2)22-14-15(3)26-17-10-7-9-16(19)13-17/h7,9-10,13,15H,5-6,8,11-12,14H2,1-4H3,(H2,20,21,22). The number of benzene rings is 1. The minimum absolute atomic E-state index is 0.101. The molecule has 1 aromatic rings. The minimum Gasteiger partial charge on any atom is -0.489 e. The number of rotatable bonds is 11. The molecular formula is C18H31FN4O3S. The van der Waals surface area contributed by atoms with Crippen molar-refractivity contribution in [3.8, 4) is 5.75 Å². The molecule has 0 fully saturated rings. The van der Waals surface area contributed by atoms with Crippen LogP contribution in [0.25, 0.3) is 0 Å². The maximum Gasteiger partial charge on any atom is 0.213 e. The van der Waals surface area contributed by atoms with Gasteiger partial charge in [-0.15, -0.1) is 0 Å². The summed E-state index contributed by atoms with van der Waals surface area (Å²) in [5, 5.41) is 6.31. The fourth-order valence-electron chi connectivity index (χ4n) is 2.24. The highest BCUT2D eigenvalue weighted by molar-refractivity contribution is 7.89. The highest BCUT2D eigenvalue weighted by Crippen LogP contribution is 2.13. The molecule has 7 nitrogen and oxygen atoms in total. The zero-order chi connectivity index (χ0) is 20.3. The van der Waals surface area contributed by atoms with Crippen molar-refractivity contribution >= 4 is 16.0 Å². The van der Waals surface area contributed by atoms with Gasteiger partial charge in [0, 0.05) is 32.7 Å². The Bertz CT molecular complexity index is 698. The molecule has 27 heavy (non-hydrogen) atoms. The number of aliphatic imine (C=N–C) groups is 1. The van der Waals surface area contributed by atoms with Crippen molar-refractivity contribution in [2.75, 3.05) is 39.0 Å². The van der Waals surface area contributed by atoms with Gasteiger partial charge in [-0.25, -0.2) is 22.1 Å². The highest BCUT2D eigenvalue weighted by atomic mass is 32.2. The Kier molecular flexibility index (Phi) is 10.1. The second-order valence-electron chi connectivity index (χ2n) is 6.11. The molecule has 0 aliphatic carbocycles. The number of nitrogens with one attached hydrogen (secondary N) is 2. The molecule has 1 aromatic carbocycles. The molecular weight excluding hydrogens is 371 g/mol. The molecule has 2 N–H and O–H groups in total. The van der Waals surface area contributed by atoms with E-state index in [-0.39, 0.29) is 17.7 Å². The first-order chi connectivity index (χ1) is 12.8. The lowest BCUT2D eigenvalue weighted by Gasteiger charge is -2.17. The van der Waals surface area contributed by atoms with Crippen molar-refractivity contribution in [3.05, 3.63) is 30.1 Å². The van der Waals surface area contributed by atoms with Gasteiger partial charge in [-0.05, 0) is 39.3 Å². The third kappa shape index (κ3) is 9.05. The Morgan fingerprint density at radius 2 is 2.07 bits per heavy atom. The number of halogens is 1. The van der Waals surface area contributed by atoms with E-state index in [0.29, 0.717) is 44.3 Å². The minimum atomic E-state index is -3.15. The van der Waals surface area contributed by atoms with Crippen LogP contribution in [0.3, 0.4) is 0 Å². The van der Waals surface area contributed by atoms with E-state index in [1.54, 1.807) is 26.1 Å². The van der Waals surface area contributed by atoms with Crippen LogP contribution in [0.5, 0.6) is 5.75 Å². The largest absolute Gasteiger partial charge is 0.489 e. The summed E-state index contributed by atoms with van der Waals surface area (Å²) < 4.78 is 43.6. The summed E-state index contributed by atoms with van der Waals surface area (Å²) in [6.45, 7) is 7.60. The monoisotopic (exact) mass is 402 g/mol. The molecule has 0 aliphatic heterocycles. The van der Waals surface area contributed by atoms with E-state index in [0.717, 1.165) is 0 Å².